The number of hydrogen-bond donors (Lipinski definition) is 2. The lowest BCUT2D eigenvalue weighted by molar-refractivity contribution is 0.0344. The number of pyridine rings is 1. The predicted octanol–water partition coefficient (Wildman–Crippen LogP) is 3.37. The Kier molecular flexibility index (Phi) is 8.83. The largest absolute Gasteiger partial charge is 0.486 e. The molecule has 1 aromatic heterocycles. The third kappa shape index (κ3) is 6.73. The molecule has 2 aromatic carbocycles. The van der Waals surface area contributed by atoms with Crippen LogP contribution < -0.4 is 9.46 Å². The van der Waals surface area contributed by atoms with Crippen molar-refractivity contribution in [2.75, 3.05) is 31.5 Å². The van der Waals surface area contributed by atoms with E-state index in [-0.39, 0.29) is 40.3 Å². The van der Waals surface area contributed by atoms with Crippen LogP contribution in [0, 0.1) is 11.7 Å². The molecule has 0 saturated heterocycles. The molecule has 0 radical (unpaired) electrons. The Morgan fingerprint density at radius 2 is 1.87 bits per heavy atom. The van der Waals surface area contributed by atoms with E-state index in [9.17, 15) is 22.7 Å². The van der Waals surface area contributed by atoms with Crippen LogP contribution in [0.5, 0.6) is 5.75 Å². The summed E-state index contributed by atoms with van der Waals surface area (Å²) in [5, 5.41) is 9.87. The van der Waals surface area contributed by atoms with E-state index in [1.807, 2.05) is 26.1 Å². The number of rotatable bonds is 9. The summed E-state index contributed by atoms with van der Waals surface area (Å²) in [4.78, 5) is 21.2. The van der Waals surface area contributed by atoms with Crippen molar-refractivity contribution < 1.29 is 27.4 Å². The van der Waals surface area contributed by atoms with Crippen molar-refractivity contribution in [2.45, 2.75) is 37.4 Å². The van der Waals surface area contributed by atoms with Crippen LogP contribution in [-0.4, -0.2) is 73.1 Å². The lowest BCUT2D eigenvalue weighted by Gasteiger charge is -2.38. The number of halogens is 1. The predicted molar refractivity (Wildman–Crippen MR) is 145 cm³/mol. The van der Waals surface area contributed by atoms with Crippen LogP contribution in [0.15, 0.2) is 71.9 Å². The van der Waals surface area contributed by atoms with Gasteiger partial charge >= 0.3 is 0 Å². The maximum Gasteiger partial charge on any atom is 0.262 e. The van der Waals surface area contributed by atoms with Gasteiger partial charge in [0.25, 0.3) is 15.9 Å². The summed E-state index contributed by atoms with van der Waals surface area (Å²) in [5.41, 5.74) is 1.35. The standard InChI is InChI=1S/C28H33FN4O5S/c1-19-15-33(20(2)18-34)28(35)24-5-4-6-25(31-39(36,37)23-9-7-22(29)8-10-23)27(24)38-26(19)17-32(3)16-21-11-13-30-14-12-21/h4-14,19-20,26,31,34H,15-18H2,1-3H3/t19-,20-,26-/m1/s1. The molecule has 1 amide bonds. The number of aromatic nitrogens is 1. The van der Waals surface area contributed by atoms with Gasteiger partial charge in [0.05, 0.1) is 28.8 Å². The molecule has 208 valence electrons. The Bertz CT molecular complexity index is 1390. The summed E-state index contributed by atoms with van der Waals surface area (Å²) in [6, 6.07) is 12.5. The fraction of sp³-hybridized carbons (Fsp3) is 0.357. The zero-order chi connectivity index (χ0) is 28.2. The highest BCUT2D eigenvalue weighted by Gasteiger charge is 2.35. The molecular weight excluding hydrogens is 523 g/mol. The van der Waals surface area contributed by atoms with Gasteiger partial charge in [0.2, 0.25) is 0 Å². The van der Waals surface area contributed by atoms with Crippen LogP contribution in [0.25, 0.3) is 0 Å². The van der Waals surface area contributed by atoms with Gasteiger partial charge in [0, 0.05) is 37.9 Å². The monoisotopic (exact) mass is 556 g/mol. The highest BCUT2D eigenvalue weighted by Crippen LogP contribution is 2.36. The van der Waals surface area contributed by atoms with Gasteiger partial charge < -0.3 is 14.7 Å². The quantitative estimate of drug-likeness (QED) is 0.416. The van der Waals surface area contributed by atoms with Crippen LogP contribution in [0.2, 0.25) is 0 Å². The lowest BCUT2D eigenvalue weighted by atomic mass is 9.99. The highest BCUT2D eigenvalue weighted by atomic mass is 32.2. The number of benzene rings is 2. The molecule has 11 heteroatoms. The molecule has 2 heterocycles. The second-order valence-electron chi connectivity index (χ2n) is 9.92. The minimum absolute atomic E-state index is 0.0951. The Morgan fingerprint density at radius 1 is 1.18 bits per heavy atom. The van der Waals surface area contributed by atoms with Crippen LogP contribution in [0.3, 0.4) is 0 Å². The van der Waals surface area contributed by atoms with Gasteiger partial charge in [-0.2, -0.15) is 0 Å². The zero-order valence-corrected chi connectivity index (χ0v) is 22.9. The Labute approximate surface area is 228 Å². The Balaban J connectivity index is 1.71. The number of carbonyl (C=O) groups is 1. The van der Waals surface area contributed by atoms with Gasteiger partial charge in [-0.3, -0.25) is 19.4 Å². The molecule has 3 atom stereocenters. The number of ether oxygens (including phenoxy) is 1. The van der Waals surface area contributed by atoms with E-state index in [1.165, 1.54) is 18.2 Å². The number of carbonyl (C=O) groups excluding carboxylic acids is 1. The second kappa shape index (κ2) is 12.1. The number of aliphatic hydroxyl groups is 1. The van der Waals surface area contributed by atoms with Gasteiger partial charge in [-0.05, 0) is 68.1 Å². The van der Waals surface area contributed by atoms with E-state index in [2.05, 4.69) is 14.6 Å². The van der Waals surface area contributed by atoms with Crippen LogP contribution in [0.1, 0.15) is 29.8 Å². The molecule has 4 rings (SSSR count). The van der Waals surface area contributed by atoms with Crippen molar-refractivity contribution in [3.8, 4) is 5.75 Å². The summed E-state index contributed by atoms with van der Waals surface area (Å²) in [7, 11) is -2.15. The molecule has 0 unspecified atom stereocenters. The number of likely N-dealkylation sites (N-methyl/N-ethyl adjacent to an activating group) is 1. The van der Waals surface area contributed by atoms with Crippen molar-refractivity contribution >= 4 is 21.6 Å². The zero-order valence-electron chi connectivity index (χ0n) is 22.1. The number of aliphatic hydroxyl groups excluding tert-OH is 1. The maximum atomic E-state index is 13.6. The van der Waals surface area contributed by atoms with E-state index < -0.39 is 28.0 Å². The maximum absolute atomic E-state index is 13.6. The second-order valence-corrected chi connectivity index (χ2v) is 11.6. The minimum Gasteiger partial charge on any atom is -0.486 e. The molecule has 9 nitrogen and oxygen atoms in total. The van der Waals surface area contributed by atoms with E-state index in [4.69, 9.17) is 4.74 Å². The Hall–Kier alpha value is -3.54. The first-order chi connectivity index (χ1) is 18.6. The number of anilines is 1. The van der Waals surface area contributed by atoms with E-state index >= 15 is 0 Å². The number of hydrogen-bond acceptors (Lipinski definition) is 7. The third-order valence-electron chi connectivity index (χ3n) is 6.75. The van der Waals surface area contributed by atoms with E-state index in [1.54, 1.807) is 36.4 Å². The highest BCUT2D eigenvalue weighted by molar-refractivity contribution is 7.92. The van der Waals surface area contributed by atoms with Crippen LogP contribution >= 0.6 is 0 Å². The van der Waals surface area contributed by atoms with Crippen molar-refractivity contribution in [2.24, 2.45) is 5.92 Å². The molecule has 1 aliphatic rings. The van der Waals surface area contributed by atoms with Gasteiger partial charge in [-0.1, -0.05) is 13.0 Å². The number of fused-ring (bicyclic) bond motifs is 1. The summed E-state index contributed by atoms with van der Waals surface area (Å²) in [6.45, 7) is 4.97. The summed E-state index contributed by atoms with van der Waals surface area (Å²) >= 11 is 0. The van der Waals surface area contributed by atoms with Gasteiger partial charge in [-0.25, -0.2) is 12.8 Å². The third-order valence-corrected chi connectivity index (χ3v) is 8.13. The number of nitrogens with zero attached hydrogens (tertiary/aromatic N) is 3. The van der Waals surface area contributed by atoms with Gasteiger partial charge in [0.1, 0.15) is 11.9 Å². The number of para-hydroxylation sites is 1. The van der Waals surface area contributed by atoms with Crippen LogP contribution in [-0.2, 0) is 16.6 Å². The summed E-state index contributed by atoms with van der Waals surface area (Å²) in [5.74, 6) is -0.974. The fourth-order valence-electron chi connectivity index (χ4n) is 4.53. The topological polar surface area (TPSA) is 112 Å². The lowest BCUT2D eigenvalue weighted by Crippen LogP contribution is -2.49. The number of nitrogens with one attached hydrogen (secondary N) is 1. The smallest absolute Gasteiger partial charge is 0.262 e. The molecular formula is C28H33FN4O5S. The van der Waals surface area contributed by atoms with Gasteiger partial charge in [-0.15, -0.1) is 0 Å². The van der Waals surface area contributed by atoms with E-state index in [0.29, 0.717) is 19.6 Å². The molecule has 2 N–H and O–H groups in total. The number of amides is 1. The summed E-state index contributed by atoms with van der Waals surface area (Å²) < 4.78 is 48.7. The van der Waals surface area contributed by atoms with Crippen molar-refractivity contribution in [1.29, 1.82) is 0 Å². The molecule has 0 spiro atoms. The molecule has 0 aliphatic carbocycles. The first kappa shape index (κ1) is 28.5. The molecule has 3 aromatic rings. The van der Waals surface area contributed by atoms with Crippen molar-refractivity contribution in [1.82, 2.24) is 14.8 Å². The molecule has 0 bridgehead atoms. The normalized spacial score (nSPS) is 18.6. The average molecular weight is 557 g/mol. The summed E-state index contributed by atoms with van der Waals surface area (Å²) in [6.07, 6.45) is 3.04. The molecule has 0 fully saturated rings. The van der Waals surface area contributed by atoms with Crippen molar-refractivity contribution in [3.05, 3.63) is 83.9 Å². The van der Waals surface area contributed by atoms with Gasteiger partial charge in [0.15, 0.2) is 5.75 Å². The number of sulfonamides is 1. The first-order valence-electron chi connectivity index (χ1n) is 12.7. The minimum atomic E-state index is -4.11. The SMILES string of the molecule is C[C@@H]1CN([C@H](C)CO)C(=O)c2cccc(NS(=O)(=O)c3ccc(F)cc3)c2O[C@@H]1CN(C)Cc1ccncc1. The molecule has 0 saturated carbocycles. The van der Waals surface area contributed by atoms with Crippen molar-refractivity contribution in [3.63, 3.8) is 0 Å². The fourth-order valence-corrected chi connectivity index (χ4v) is 5.59. The average Bonchev–Trinajstić information content (AvgIpc) is 2.91. The molecule has 39 heavy (non-hydrogen) atoms. The van der Waals surface area contributed by atoms with E-state index in [0.717, 1.165) is 17.7 Å². The molecule has 1 aliphatic heterocycles. The first-order valence-corrected chi connectivity index (χ1v) is 14.1. The van der Waals surface area contributed by atoms with Crippen LogP contribution in [0.4, 0.5) is 10.1 Å². The Morgan fingerprint density at radius 3 is 2.54 bits per heavy atom.